The van der Waals surface area contributed by atoms with Crippen LogP contribution in [0.5, 0.6) is 0 Å². The average Bonchev–Trinajstić information content (AvgIpc) is 2.12. The number of hydrogen-bond donors (Lipinski definition) is 2. The fraction of sp³-hybridized carbons (Fsp3) is 0.143. The third-order valence-electron chi connectivity index (χ3n) is 1.67. The van der Waals surface area contributed by atoms with Gasteiger partial charge >= 0.3 is 0 Å². The van der Waals surface area contributed by atoms with Gasteiger partial charge in [0.1, 0.15) is 6.67 Å². The summed E-state index contributed by atoms with van der Waals surface area (Å²) in [5, 5.41) is 12.0. The Balaban J connectivity index is 2.49. The number of nitrogens with zero attached hydrogens (tertiary/aromatic N) is 1. The van der Waals surface area contributed by atoms with Crippen LogP contribution in [0.1, 0.15) is 0 Å². The van der Waals surface area contributed by atoms with E-state index in [1.165, 1.54) is 0 Å². The molecule has 0 saturated carbocycles. The summed E-state index contributed by atoms with van der Waals surface area (Å²) in [5.74, 6) is 0. The molecule has 1 aromatic rings. The average molecular weight is 184 g/mol. The Morgan fingerprint density at radius 1 is 1.50 bits per heavy atom. The van der Waals surface area contributed by atoms with Crippen LogP contribution in [0.2, 0.25) is 0 Å². The predicted molar refractivity (Wildman–Crippen MR) is 45.0 cm³/mol. The van der Waals surface area contributed by atoms with Crippen LogP contribution < -0.4 is 5.32 Å². The van der Waals surface area contributed by atoms with Crippen molar-refractivity contribution in [3.05, 3.63) is 24.3 Å². The molecule has 4 nitrogen and oxygen atoms in total. The highest BCUT2D eigenvalue weighted by Crippen LogP contribution is 2.23. The van der Waals surface area contributed by atoms with Crippen LogP contribution in [-0.2, 0) is 11.0 Å². The van der Waals surface area contributed by atoms with Crippen molar-refractivity contribution < 1.29 is 9.42 Å². The molecule has 0 bridgehead atoms. The standard InChI is InChI=1S/C7H8N2O2S/c10-9-5-8-6-3-1-2-4-7(6)12(9)11/h1-4,8,10H,5H2. The predicted octanol–water partition coefficient (Wildman–Crippen LogP) is 0.783. The van der Waals surface area contributed by atoms with E-state index in [9.17, 15) is 4.21 Å². The minimum absolute atomic E-state index is 0.198. The monoisotopic (exact) mass is 184 g/mol. The van der Waals surface area contributed by atoms with E-state index in [-0.39, 0.29) is 6.67 Å². The zero-order valence-corrected chi connectivity index (χ0v) is 7.04. The molecule has 1 atom stereocenters. The zero-order valence-electron chi connectivity index (χ0n) is 6.23. The first kappa shape index (κ1) is 7.72. The van der Waals surface area contributed by atoms with Gasteiger partial charge in [-0.15, -0.1) is 0 Å². The fourth-order valence-electron chi connectivity index (χ4n) is 1.09. The first-order chi connectivity index (χ1) is 5.79. The van der Waals surface area contributed by atoms with Gasteiger partial charge in [-0.25, -0.2) is 4.21 Å². The molecule has 1 heterocycles. The van der Waals surface area contributed by atoms with Crippen LogP contribution in [-0.4, -0.2) is 20.6 Å². The van der Waals surface area contributed by atoms with Gasteiger partial charge in [0.15, 0.2) is 11.0 Å². The molecule has 1 unspecified atom stereocenters. The van der Waals surface area contributed by atoms with E-state index in [1.807, 2.05) is 12.1 Å². The first-order valence-electron chi connectivity index (χ1n) is 3.50. The van der Waals surface area contributed by atoms with Gasteiger partial charge in [-0.1, -0.05) is 16.6 Å². The number of rotatable bonds is 0. The number of anilines is 1. The van der Waals surface area contributed by atoms with E-state index in [0.717, 1.165) is 10.2 Å². The smallest absolute Gasteiger partial charge is 0.155 e. The highest BCUT2D eigenvalue weighted by atomic mass is 32.2. The quantitative estimate of drug-likeness (QED) is 0.626. The summed E-state index contributed by atoms with van der Waals surface area (Å²) in [4.78, 5) is 0.617. The van der Waals surface area contributed by atoms with Crippen molar-refractivity contribution in [2.75, 3.05) is 12.0 Å². The van der Waals surface area contributed by atoms with Crippen molar-refractivity contribution in [3.63, 3.8) is 0 Å². The summed E-state index contributed by atoms with van der Waals surface area (Å²) in [6, 6.07) is 7.20. The molecule has 5 heteroatoms. The van der Waals surface area contributed by atoms with Crippen molar-refractivity contribution in [2.24, 2.45) is 0 Å². The largest absolute Gasteiger partial charge is 0.368 e. The molecule has 1 aromatic carbocycles. The number of para-hydroxylation sites is 1. The lowest BCUT2D eigenvalue weighted by Gasteiger charge is -2.22. The number of benzene rings is 1. The van der Waals surface area contributed by atoms with Gasteiger partial charge in [0.25, 0.3) is 0 Å². The second kappa shape index (κ2) is 2.85. The second-order valence-corrected chi connectivity index (χ2v) is 3.79. The van der Waals surface area contributed by atoms with Crippen molar-refractivity contribution >= 4 is 16.7 Å². The number of fused-ring (bicyclic) bond motifs is 1. The van der Waals surface area contributed by atoms with Gasteiger partial charge in [-0.2, -0.15) is 0 Å². The Hall–Kier alpha value is -0.910. The highest BCUT2D eigenvalue weighted by Gasteiger charge is 2.20. The SMILES string of the molecule is O=S1c2ccccc2NCN1O. The molecule has 0 saturated heterocycles. The normalized spacial score (nSPS) is 22.9. The molecule has 1 aliphatic heterocycles. The molecular weight excluding hydrogens is 176 g/mol. The van der Waals surface area contributed by atoms with Crippen LogP contribution in [0.4, 0.5) is 5.69 Å². The summed E-state index contributed by atoms with van der Waals surface area (Å²) < 4.78 is 12.1. The molecular formula is C7H8N2O2S. The maximum absolute atomic E-state index is 11.4. The zero-order chi connectivity index (χ0) is 8.55. The summed E-state index contributed by atoms with van der Waals surface area (Å²) in [6.45, 7) is 0.198. The first-order valence-corrected chi connectivity index (χ1v) is 4.61. The number of hydroxylamine groups is 1. The Kier molecular flexibility index (Phi) is 1.84. The van der Waals surface area contributed by atoms with Gasteiger partial charge in [-0.05, 0) is 12.1 Å². The van der Waals surface area contributed by atoms with Gasteiger partial charge in [0.2, 0.25) is 0 Å². The highest BCUT2D eigenvalue weighted by molar-refractivity contribution is 7.82. The van der Waals surface area contributed by atoms with E-state index in [1.54, 1.807) is 12.1 Å². The van der Waals surface area contributed by atoms with Gasteiger partial charge < -0.3 is 5.32 Å². The molecule has 0 amide bonds. The molecule has 12 heavy (non-hydrogen) atoms. The molecule has 0 fully saturated rings. The Labute approximate surface area is 72.4 Å². The molecule has 0 spiro atoms. The Bertz CT molecular complexity index is 329. The lowest BCUT2D eigenvalue weighted by molar-refractivity contribution is 0.0157. The summed E-state index contributed by atoms with van der Waals surface area (Å²) >= 11 is 0. The van der Waals surface area contributed by atoms with Crippen molar-refractivity contribution in [2.45, 2.75) is 4.90 Å². The maximum atomic E-state index is 11.4. The summed E-state index contributed by atoms with van der Waals surface area (Å²) in [5.41, 5.74) is 0.820. The van der Waals surface area contributed by atoms with Gasteiger partial charge in [-0.3, -0.25) is 5.21 Å². The summed E-state index contributed by atoms with van der Waals surface area (Å²) in [6.07, 6.45) is 0. The molecule has 0 aromatic heterocycles. The summed E-state index contributed by atoms with van der Waals surface area (Å²) in [7, 11) is -1.43. The second-order valence-electron chi connectivity index (χ2n) is 2.43. The molecule has 64 valence electrons. The molecule has 1 aliphatic rings. The molecule has 2 rings (SSSR count). The van der Waals surface area contributed by atoms with E-state index in [4.69, 9.17) is 5.21 Å². The van der Waals surface area contributed by atoms with Crippen LogP contribution in [0.3, 0.4) is 0 Å². The lowest BCUT2D eigenvalue weighted by atomic mass is 10.3. The minimum atomic E-state index is -1.43. The number of hydrogen-bond acceptors (Lipinski definition) is 3. The van der Waals surface area contributed by atoms with E-state index in [0.29, 0.717) is 4.90 Å². The van der Waals surface area contributed by atoms with Crippen molar-refractivity contribution in [3.8, 4) is 0 Å². The van der Waals surface area contributed by atoms with E-state index < -0.39 is 11.0 Å². The van der Waals surface area contributed by atoms with Crippen LogP contribution in [0.15, 0.2) is 29.2 Å². The minimum Gasteiger partial charge on any atom is -0.368 e. The lowest BCUT2D eigenvalue weighted by Crippen LogP contribution is -2.32. The Morgan fingerprint density at radius 3 is 3.08 bits per heavy atom. The molecule has 2 N–H and O–H groups in total. The van der Waals surface area contributed by atoms with Crippen LogP contribution >= 0.6 is 0 Å². The fourth-order valence-corrected chi connectivity index (χ4v) is 2.02. The number of nitrogens with one attached hydrogen (secondary N) is 1. The van der Waals surface area contributed by atoms with Gasteiger partial charge in [0.05, 0.1) is 10.6 Å². The maximum Gasteiger partial charge on any atom is 0.155 e. The van der Waals surface area contributed by atoms with Crippen molar-refractivity contribution in [1.82, 2.24) is 4.47 Å². The van der Waals surface area contributed by atoms with Crippen LogP contribution in [0, 0.1) is 0 Å². The van der Waals surface area contributed by atoms with Gasteiger partial charge in [0, 0.05) is 0 Å². The van der Waals surface area contributed by atoms with Crippen LogP contribution in [0.25, 0.3) is 0 Å². The third-order valence-corrected chi connectivity index (χ3v) is 2.92. The third kappa shape index (κ3) is 1.12. The van der Waals surface area contributed by atoms with Crippen molar-refractivity contribution in [1.29, 1.82) is 0 Å². The molecule has 0 aliphatic carbocycles. The molecule has 0 radical (unpaired) electrons. The van der Waals surface area contributed by atoms with E-state index in [2.05, 4.69) is 5.32 Å². The van der Waals surface area contributed by atoms with E-state index >= 15 is 0 Å². The Morgan fingerprint density at radius 2 is 2.25 bits per heavy atom. The topological polar surface area (TPSA) is 52.6 Å².